The van der Waals surface area contributed by atoms with E-state index < -0.39 is 47.2 Å². The van der Waals surface area contributed by atoms with E-state index >= 15 is 0 Å². The van der Waals surface area contributed by atoms with Gasteiger partial charge in [0.05, 0.1) is 6.04 Å². The Kier molecular flexibility index (Phi) is 16.4. The van der Waals surface area contributed by atoms with E-state index in [1.165, 1.54) is 0 Å². The molecule has 0 aliphatic carbocycles. The zero-order chi connectivity index (χ0) is 38.2. The molecule has 14 heteroatoms. The summed E-state index contributed by atoms with van der Waals surface area (Å²) >= 11 is 0. The summed E-state index contributed by atoms with van der Waals surface area (Å²) in [5.74, 6) is 0.677. The van der Waals surface area contributed by atoms with Crippen molar-refractivity contribution in [2.45, 2.75) is 111 Å². The van der Waals surface area contributed by atoms with Gasteiger partial charge in [-0.15, -0.1) is 0 Å². The van der Waals surface area contributed by atoms with E-state index in [-0.39, 0.29) is 13.2 Å². The highest BCUT2D eigenvalue weighted by Crippen LogP contribution is 2.25. The van der Waals surface area contributed by atoms with Gasteiger partial charge in [-0.25, -0.2) is 19.2 Å². The van der Waals surface area contributed by atoms with Gasteiger partial charge in [0, 0.05) is 43.3 Å². The largest absolute Gasteiger partial charge is 0.490 e. The summed E-state index contributed by atoms with van der Waals surface area (Å²) < 4.78 is 27.5. The number of carbonyl (C=O) groups is 4. The lowest BCUT2D eigenvalue weighted by molar-refractivity contribution is 0.0242. The van der Waals surface area contributed by atoms with E-state index in [0.717, 1.165) is 16.5 Å². The van der Waals surface area contributed by atoms with Crippen LogP contribution in [0.15, 0.2) is 37.1 Å². The zero-order valence-electron chi connectivity index (χ0n) is 31.9. The number of aromatic amines is 1. The standard InChI is InChI=1S/C37H59N5O9/c1-11-21-47-28-15-16-30-29(23-28)26(24-40-30)22-27(41-33(45)50-36(5,6)7)25-48-31(43)38-18-14-20-42(34(46)51-37(8,9)10)19-13-12-17-39-32(44)49-35(2,3)4/h11,15-16,23-24,27,40H,1,12-14,17-22,25H2,2-10H3,(H,38,43)(H,39,44)(H,41,45)/t27-/m0/s1. The number of alkyl carbamates (subject to hydrolysis) is 3. The monoisotopic (exact) mass is 717 g/mol. The smallest absolute Gasteiger partial charge is 0.410 e. The fourth-order valence-electron chi connectivity index (χ4n) is 4.70. The van der Waals surface area contributed by atoms with Crippen LogP contribution in [0.4, 0.5) is 19.2 Å². The number of aromatic nitrogens is 1. The molecule has 14 nitrogen and oxygen atoms in total. The van der Waals surface area contributed by atoms with Crippen molar-refractivity contribution in [2.75, 3.05) is 39.4 Å². The highest BCUT2D eigenvalue weighted by molar-refractivity contribution is 5.84. The van der Waals surface area contributed by atoms with Crippen LogP contribution in [0.25, 0.3) is 10.9 Å². The molecule has 0 saturated heterocycles. The van der Waals surface area contributed by atoms with Crippen molar-refractivity contribution in [1.29, 1.82) is 0 Å². The van der Waals surface area contributed by atoms with Crippen molar-refractivity contribution >= 4 is 35.3 Å². The van der Waals surface area contributed by atoms with Crippen molar-refractivity contribution in [3.63, 3.8) is 0 Å². The van der Waals surface area contributed by atoms with Gasteiger partial charge in [0.2, 0.25) is 0 Å². The number of amides is 4. The maximum Gasteiger partial charge on any atom is 0.410 e. The lowest BCUT2D eigenvalue weighted by atomic mass is 10.1. The van der Waals surface area contributed by atoms with Gasteiger partial charge in [0.1, 0.15) is 35.8 Å². The molecule has 0 aliphatic heterocycles. The lowest BCUT2D eigenvalue weighted by Gasteiger charge is -2.27. The van der Waals surface area contributed by atoms with Crippen LogP contribution >= 0.6 is 0 Å². The van der Waals surface area contributed by atoms with Crippen LogP contribution in [0.3, 0.4) is 0 Å². The topological polar surface area (TPSA) is 170 Å². The molecule has 0 radical (unpaired) electrons. The maximum atomic E-state index is 12.9. The highest BCUT2D eigenvalue weighted by atomic mass is 16.6. The molecule has 2 rings (SSSR count). The van der Waals surface area contributed by atoms with Gasteiger partial charge in [0.25, 0.3) is 0 Å². The molecule has 2 aromatic rings. The molecule has 0 fully saturated rings. The Morgan fingerprint density at radius 2 is 1.43 bits per heavy atom. The van der Waals surface area contributed by atoms with Gasteiger partial charge in [-0.3, -0.25) is 0 Å². The summed E-state index contributed by atoms with van der Waals surface area (Å²) in [6, 6.07) is 5.07. The number of nitrogens with zero attached hydrogens (tertiary/aromatic N) is 1. The van der Waals surface area contributed by atoms with Crippen LogP contribution in [0.2, 0.25) is 0 Å². The Morgan fingerprint density at radius 1 is 0.824 bits per heavy atom. The van der Waals surface area contributed by atoms with Gasteiger partial charge in [0.15, 0.2) is 0 Å². The van der Waals surface area contributed by atoms with Crippen LogP contribution < -0.4 is 20.7 Å². The van der Waals surface area contributed by atoms with Crippen molar-refractivity contribution < 1.29 is 42.9 Å². The van der Waals surface area contributed by atoms with Gasteiger partial charge in [-0.1, -0.05) is 12.7 Å². The Hall–Kier alpha value is -4.62. The lowest BCUT2D eigenvalue weighted by Crippen LogP contribution is -2.44. The Labute approximate surface area is 302 Å². The second-order valence-corrected chi connectivity index (χ2v) is 15.2. The van der Waals surface area contributed by atoms with Gasteiger partial charge in [-0.05, 0) is 112 Å². The molecule has 0 bridgehead atoms. The molecule has 0 spiro atoms. The molecular formula is C37H59N5O9. The predicted molar refractivity (Wildman–Crippen MR) is 196 cm³/mol. The minimum absolute atomic E-state index is 0.119. The highest BCUT2D eigenvalue weighted by Gasteiger charge is 2.24. The quantitative estimate of drug-likeness (QED) is 0.0779. The molecular weight excluding hydrogens is 658 g/mol. The van der Waals surface area contributed by atoms with Crippen LogP contribution in [0.1, 0.15) is 87.1 Å². The average molecular weight is 718 g/mol. The Balaban J connectivity index is 1.94. The first-order chi connectivity index (χ1) is 23.7. The Bertz CT molecular complexity index is 1440. The molecule has 0 aliphatic rings. The molecule has 4 N–H and O–H groups in total. The number of fused-ring (bicyclic) bond motifs is 1. The fourth-order valence-corrected chi connectivity index (χ4v) is 4.70. The molecule has 1 aromatic carbocycles. The molecule has 0 saturated carbocycles. The number of ether oxygens (including phenoxy) is 5. The maximum absolute atomic E-state index is 12.9. The number of rotatable bonds is 17. The van der Waals surface area contributed by atoms with Crippen molar-refractivity contribution in [1.82, 2.24) is 25.8 Å². The van der Waals surface area contributed by atoms with E-state index in [0.29, 0.717) is 57.7 Å². The molecule has 286 valence electrons. The van der Waals surface area contributed by atoms with Crippen LogP contribution in [0.5, 0.6) is 5.75 Å². The number of carbonyl (C=O) groups excluding carboxylic acids is 4. The normalized spacial score (nSPS) is 12.3. The number of H-pyrrole nitrogens is 1. The van der Waals surface area contributed by atoms with Gasteiger partial charge < -0.3 is 49.5 Å². The third-order valence-corrected chi connectivity index (χ3v) is 6.76. The zero-order valence-corrected chi connectivity index (χ0v) is 31.9. The molecule has 1 heterocycles. The number of hydrogen-bond donors (Lipinski definition) is 4. The average Bonchev–Trinajstić information content (AvgIpc) is 3.38. The second kappa shape index (κ2) is 19.7. The first-order valence-corrected chi connectivity index (χ1v) is 17.4. The first-order valence-electron chi connectivity index (χ1n) is 17.4. The van der Waals surface area contributed by atoms with E-state index in [2.05, 4.69) is 27.5 Å². The van der Waals surface area contributed by atoms with Crippen molar-refractivity contribution in [2.24, 2.45) is 0 Å². The summed E-state index contributed by atoms with van der Waals surface area (Å²) in [4.78, 5) is 55.0. The van der Waals surface area contributed by atoms with Gasteiger partial charge in [-0.2, -0.15) is 0 Å². The number of hydrogen-bond acceptors (Lipinski definition) is 9. The second-order valence-electron chi connectivity index (χ2n) is 15.2. The SMILES string of the molecule is C=CCOc1ccc2[nH]cc(C[C@@H](COC(=O)NCCCN(CCCCNC(=O)OC(C)(C)C)C(=O)OC(C)(C)C)NC(=O)OC(C)(C)C)c2c1. The fraction of sp³-hybridized carbons (Fsp3) is 0.622. The molecule has 1 atom stereocenters. The Morgan fingerprint density at radius 3 is 2.08 bits per heavy atom. The predicted octanol–water partition coefficient (Wildman–Crippen LogP) is 6.83. The van der Waals surface area contributed by atoms with Crippen LogP contribution in [0, 0.1) is 0 Å². The number of benzene rings is 1. The third kappa shape index (κ3) is 18.3. The van der Waals surface area contributed by atoms with Crippen LogP contribution in [-0.4, -0.2) is 96.5 Å². The summed E-state index contributed by atoms with van der Waals surface area (Å²) in [5.41, 5.74) is -0.186. The summed E-state index contributed by atoms with van der Waals surface area (Å²) in [5, 5.41) is 9.17. The van der Waals surface area contributed by atoms with Crippen molar-refractivity contribution in [3.05, 3.63) is 42.6 Å². The number of unbranched alkanes of at least 4 members (excludes halogenated alkanes) is 1. The van der Waals surface area contributed by atoms with Crippen molar-refractivity contribution in [3.8, 4) is 5.75 Å². The molecule has 1 aromatic heterocycles. The van der Waals surface area contributed by atoms with Gasteiger partial charge >= 0.3 is 24.4 Å². The molecule has 0 unspecified atom stereocenters. The minimum atomic E-state index is -0.713. The van der Waals surface area contributed by atoms with E-state index in [4.69, 9.17) is 23.7 Å². The number of nitrogens with one attached hydrogen (secondary N) is 4. The molecule has 51 heavy (non-hydrogen) atoms. The van der Waals surface area contributed by atoms with Crippen LogP contribution in [-0.2, 0) is 25.4 Å². The van der Waals surface area contributed by atoms with E-state index in [1.807, 2.05) is 24.4 Å². The summed E-state index contributed by atoms with van der Waals surface area (Å²) in [7, 11) is 0. The first kappa shape index (κ1) is 42.5. The van der Waals surface area contributed by atoms with E-state index in [1.54, 1.807) is 73.3 Å². The minimum Gasteiger partial charge on any atom is -0.490 e. The molecule has 4 amide bonds. The van der Waals surface area contributed by atoms with E-state index in [9.17, 15) is 19.2 Å². The third-order valence-electron chi connectivity index (χ3n) is 6.76. The summed E-state index contributed by atoms with van der Waals surface area (Å²) in [6.45, 7) is 21.4. The summed E-state index contributed by atoms with van der Waals surface area (Å²) in [6.07, 6.45) is 3.30.